The first-order valence-electron chi connectivity index (χ1n) is 6.03. The maximum Gasteiger partial charge on any atom is 0.339 e. The molecule has 0 unspecified atom stereocenters. The van der Waals surface area contributed by atoms with Crippen molar-refractivity contribution in [2.75, 3.05) is 0 Å². The molecule has 0 spiro atoms. The van der Waals surface area contributed by atoms with Crippen molar-refractivity contribution in [2.24, 2.45) is 0 Å². The fourth-order valence-corrected chi connectivity index (χ4v) is 2.49. The van der Waals surface area contributed by atoms with Crippen molar-refractivity contribution in [3.63, 3.8) is 0 Å². The number of nitrogens with zero attached hydrogens (tertiary/aromatic N) is 2. The van der Waals surface area contributed by atoms with Gasteiger partial charge in [-0.2, -0.15) is 0 Å². The zero-order valence-corrected chi connectivity index (χ0v) is 11.4. The van der Waals surface area contributed by atoms with E-state index in [1.165, 1.54) is 10.8 Å². The first-order chi connectivity index (χ1) is 9.01. The molecule has 2 N–H and O–H groups in total. The van der Waals surface area contributed by atoms with Crippen LogP contribution in [0.3, 0.4) is 0 Å². The highest BCUT2D eigenvalue weighted by Crippen LogP contribution is 2.26. The van der Waals surface area contributed by atoms with E-state index in [0.29, 0.717) is 0 Å². The molecule has 2 aromatic rings. The van der Waals surface area contributed by atoms with Gasteiger partial charge in [0.15, 0.2) is 5.65 Å². The summed E-state index contributed by atoms with van der Waals surface area (Å²) in [6.07, 6.45) is 2.67. The number of pyridine rings is 1. The smallest absolute Gasteiger partial charge is 0.339 e. The minimum atomic E-state index is -1.17. The molecule has 0 amide bonds. The van der Waals surface area contributed by atoms with Crippen LogP contribution < -0.4 is 5.69 Å². The second-order valence-electron chi connectivity index (χ2n) is 4.25. The van der Waals surface area contributed by atoms with Crippen molar-refractivity contribution in [3.05, 3.63) is 27.3 Å². The molecule has 2 heterocycles. The molecule has 0 bridgehead atoms. The number of rotatable bonds is 4. The summed E-state index contributed by atoms with van der Waals surface area (Å²) in [6, 6.07) is -0.0837. The minimum absolute atomic E-state index is 0.0266. The highest BCUT2D eigenvalue weighted by Gasteiger charge is 2.23. The van der Waals surface area contributed by atoms with Gasteiger partial charge in [-0.05, 0) is 12.8 Å². The normalized spacial score (nSPS) is 11.4. The number of nitrogens with one attached hydrogen (secondary N) is 1. The van der Waals surface area contributed by atoms with Gasteiger partial charge in [0.1, 0.15) is 11.1 Å². The Morgan fingerprint density at radius 3 is 2.68 bits per heavy atom. The maximum atomic E-state index is 12.0. The number of aromatic nitrogens is 3. The number of halogens is 1. The maximum absolute atomic E-state index is 12.0. The fraction of sp³-hybridized carbons (Fsp3) is 0.417. The van der Waals surface area contributed by atoms with Gasteiger partial charge in [-0.15, -0.1) is 0 Å². The number of H-pyrrole nitrogens is 1. The molecule has 0 aliphatic heterocycles. The van der Waals surface area contributed by atoms with E-state index in [0.717, 1.165) is 12.8 Å². The lowest BCUT2D eigenvalue weighted by atomic mass is 10.1. The quantitative estimate of drug-likeness (QED) is 0.902. The van der Waals surface area contributed by atoms with E-state index in [1.54, 1.807) is 0 Å². The molecule has 0 fully saturated rings. The Kier molecular flexibility index (Phi) is 3.61. The Morgan fingerprint density at radius 2 is 2.16 bits per heavy atom. The topological polar surface area (TPSA) is 88.0 Å². The number of carboxylic acid groups (broad SMARTS) is 1. The standard InChI is InChI=1S/C12H14ClN3O3/c1-3-6(4-2)16-9-8(11(17)18)7(13)5-14-10(9)15-12(16)19/h5-6H,3-4H2,1-2H3,(H,17,18)(H,14,15,19). The average molecular weight is 284 g/mol. The van der Waals surface area contributed by atoms with Crippen molar-refractivity contribution in [1.29, 1.82) is 0 Å². The van der Waals surface area contributed by atoms with Crippen molar-refractivity contribution >= 4 is 28.7 Å². The molecule has 0 aliphatic carbocycles. The largest absolute Gasteiger partial charge is 0.478 e. The van der Waals surface area contributed by atoms with Gasteiger partial charge in [0.05, 0.1) is 5.02 Å². The van der Waals surface area contributed by atoms with Crippen LogP contribution in [0.25, 0.3) is 11.2 Å². The molecule has 0 saturated heterocycles. The van der Waals surface area contributed by atoms with E-state index in [-0.39, 0.29) is 33.5 Å². The number of fused-ring (bicyclic) bond motifs is 1. The number of hydrogen-bond donors (Lipinski definition) is 2. The van der Waals surface area contributed by atoms with Crippen molar-refractivity contribution < 1.29 is 9.90 Å². The second kappa shape index (κ2) is 5.05. The summed E-state index contributed by atoms with van der Waals surface area (Å²) in [5.41, 5.74) is 0.0651. The zero-order chi connectivity index (χ0) is 14.2. The number of carbonyl (C=O) groups is 1. The summed E-state index contributed by atoms with van der Waals surface area (Å²) in [4.78, 5) is 29.9. The van der Waals surface area contributed by atoms with Crippen LogP contribution in [-0.4, -0.2) is 25.6 Å². The van der Waals surface area contributed by atoms with Gasteiger partial charge in [-0.25, -0.2) is 14.6 Å². The van der Waals surface area contributed by atoms with E-state index >= 15 is 0 Å². The van der Waals surface area contributed by atoms with Crippen LogP contribution in [0.4, 0.5) is 0 Å². The summed E-state index contributed by atoms with van der Waals surface area (Å²) in [7, 11) is 0. The Labute approximate surface area is 114 Å². The first-order valence-corrected chi connectivity index (χ1v) is 6.41. The third-order valence-electron chi connectivity index (χ3n) is 3.21. The highest BCUT2D eigenvalue weighted by atomic mass is 35.5. The number of hydrogen-bond acceptors (Lipinski definition) is 3. The van der Waals surface area contributed by atoms with Crippen LogP contribution in [0, 0.1) is 0 Å². The number of carboxylic acids is 1. The Hall–Kier alpha value is -1.82. The predicted octanol–water partition coefficient (Wildman–Crippen LogP) is 2.44. The van der Waals surface area contributed by atoms with Crippen molar-refractivity contribution in [1.82, 2.24) is 14.5 Å². The van der Waals surface area contributed by atoms with Crippen LogP contribution in [0.15, 0.2) is 11.0 Å². The van der Waals surface area contributed by atoms with E-state index in [1.807, 2.05) is 13.8 Å². The van der Waals surface area contributed by atoms with Gasteiger partial charge in [-0.3, -0.25) is 9.55 Å². The Morgan fingerprint density at radius 1 is 1.53 bits per heavy atom. The van der Waals surface area contributed by atoms with Gasteiger partial charge >= 0.3 is 11.7 Å². The van der Waals surface area contributed by atoms with Gasteiger partial charge < -0.3 is 5.11 Å². The lowest BCUT2D eigenvalue weighted by molar-refractivity contribution is 0.0698. The predicted molar refractivity (Wildman–Crippen MR) is 71.9 cm³/mol. The summed E-state index contributed by atoms with van der Waals surface area (Å²) in [6.45, 7) is 3.88. The van der Waals surface area contributed by atoms with Gasteiger partial charge in [-0.1, -0.05) is 25.4 Å². The second-order valence-corrected chi connectivity index (χ2v) is 4.66. The number of imidazole rings is 1. The molecule has 0 radical (unpaired) electrons. The molecule has 0 saturated carbocycles. The molecule has 0 aliphatic rings. The van der Waals surface area contributed by atoms with Gasteiger partial charge in [0, 0.05) is 12.2 Å². The SMILES string of the molecule is CCC(CC)n1c(=O)[nH]c2ncc(Cl)c(C(=O)O)c21. The molecule has 19 heavy (non-hydrogen) atoms. The number of aromatic amines is 1. The molecule has 2 aromatic heterocycles. The average Bonchev–Trinajstić information content (AvgIpc) is 2.68. The summed E-state index contributed by atoms with van der Waals surface area (Å²) in [5.74, 6) is -1.17. The zero-order valence-electron chi connectivity index (χ0n) is 10.6. The molecular formula is C12H14ClN3O3. The lowest BCUT2D eigenvalue weighted by Crippen LogP contribution is -2.22. The van der Waals surface area contributed by atoms with Crippen LogP contribution in [0.1, 0.15) is 43.1 Å². The number of aromatic carboxylic acids is 1. The van der Waals surface area contributed by atoms with Crippen molar-refractivity contribution in [3.8, 4) is 0 Å². The van der Waals surface area contributed by atoms with E-state index in [4.69, 9.17) is 11.6 Å². The summed E-state index contributed by atoms with van der Waals surface area (Å²) < 4.78 is 1.44. The van der Waals surface area contributed by atoms with Crippen molar-refractivity contribution in [2.45, 2.75) is 32.7 Å². The third-order valence-corrected chi connectivity index (χ3v) is 3.50. The van der Waals surface area contributed by atoms with E-state index in [2.05, 4.69) is 9.97 Å². The minimum Gasteiger partial charge on any atom is -0.478 e. The molecule has 0 aromatic carbocycles. The molecule has 6 nitrogen and oxygen atoms in total. The lowest BCUT2D eigenvalue weighted by Gasteiger charge is -2.15. The molecule has 7 heteroatoms. The van der Waals surface area contributed by atoms with E-state index < -0.39 is 5.97 Å². The van der Waals surface area contributed by atoms with Crippen LogP contribution in [0.2, 0.25) is 5.02 Å². The fourth-order valence-electron chi connectivity index (χ4n) is 2.27. The molecule has 102 valence electrons. The van der Waals surface area contributed by atoms with E-state index in [9.17, 15) is 14.7 Å². The third kappa shape index (κ3) is 2.12. The summed E-state index contributed by atoms with van der Waals surface area (Å²) >= 11 is 5.90. The van der Waals surface area contributed by atoms with Gasteiger partial charge in [0.25, 0.3) is 0 Å². The Balaban J connectivity index is 2.90. The highest BCUT2D eigenvalue weighted by molar-refractivity contribution is 6.34. The van der Waals surface area contributed by atoms with Crippen LogP contribution >= 0.6 is 11.6 Å². The molecule has 0 atom stereocenters. The molecular weight excluding hydrogens is 270 g/mol. The first kappa shape index (κ1) is 13.6. The Bertz CT molecular complexity index is 685. The molecule has 2 rings (SSSR count). The summed E-state index contributed by atoms with van der Waals surface area (Å²) in [5, 5.41) is 9.31. The monoisotopic (exact) mass is 283 g/mol. The van der Waals surface area contributed by atoms with Crippen LogP contribution in [-0.2, 0) is 0 Å². The van der Waals surface area contributed by atoms with Gasteiger partial charge in [0.2, 0.25) is 0 Å². The van der Waals surface area contributed by atoms with Crippen LogP contribution in [0.5, 0.6) is 0 Å².